The molecule has 0 bridgehead atoms. The summed E-state index contributed by atoms with van der Waals surface area (Å²) in [5.74, 6) is 0. The van der Waals surface area contributed by atoms with E-state index in [4.69, 9.17) is 9.98 Å². The van der Waals surface area contributed by atoms with Crippen LogP contribution >= 0.6 is 0 Å². The van der Waals surface area contributed by atoms with E-state index in [-0.39, 0.29) is 11.1 Å². The molecular weight excluding hydrogens is 272 g/mol. The van der Waals surface area contributed by atoms with Crippen LogP contribution in [0.1, 0.15) is 68.2 Å². The molecule has 4 nitrogen and oxygen atoms in total. The van der Waals surface area contributed by atoms with E-state index in [2.05, 4.69) is 66.0 Å². The molecule has 0 saturated heterocycles. The van der Waals surface area contributed by atoms with Gasteiger partial charge in [0.2, 0.25) is 0 Å². The van der Waals surface area contributed by atoms with Gasteiger partial charge in [-0.1, -0.05) is 0 Å². The highest BCUT2D eigenvalue weighted by Gasteiger charge is 2.22. The van der Waals surface area contributed by atoms with Crippen molar-refractivity contribution in [3.8, 4) is 0 Å². The number of aliphatic imine (C=N–C) groups is 2. The molecular formula is C18H36N4. The minimum Gasteiger partial charge on any atom is -0.309 e. The van der Waals surface area contributed by atoms with Crippen molar-refractivity contribution < 1.29 is 0 Å². The van der Waals surface area contributed by atoms with Crippen LogP contribution in [0.15, 0.2) is 9.98 Å². The molecule has 22 heavy (non-hydrogen) atoms. The predicted octanol–water partition coefficient (Wildman–Crippen LogP) is 3.22. The zero-order valence-corrected chi connectivity index (χ0v) is 15.9. The lowest BCUT2D eigenvalue weighted by Crippen LogP contribution is -2.46. The Morgan fingerprint density at radius 3 is 1.41 bits per heavy atom. The minimum atomic E-state index is 0.0573. The van der Waals surface area contributed by atoms with Gasteiger partial charge in [-0.2, -0.15) is 0 Å². The molecule has 0 aromatic heterocycles. The topological polar surface area (TPSA) is 48.8 Å². The quantitative estimate of drug-likeness (QED) is 0.722. The Morgan fingerprint density at radius 1 is 0.773 bits per heavy atom. The third kappa shape index (κ3) is 7.50. The summed E-state index contributed by atoms with van der Waals surface area (Å²) in [7, 11) is 0. The van der Waals surface area contributed by atoms with Gasteiger partial charge in [-0.15, -0.1) is 0 Å². The number of nitrogens with zero attached hydrogens (tertiary/aromatic N) is 2. The smallest absolute Gasteiger partial charge is 0.0595 e. The fraction of sp³-hybridized carbons (Fsp3) is 0.889. The van der Waals surface area contributed by atoms with E-state index in [0.29, 0.717) is 12.1 Å². The molecule has 1 heterocycles. The van der Waals surface area contributed by atoms with Gasteiger partial charge in [-0.3, -0.25) is 9.98 Å². The molecule has 0 aromatic carbocycles. The zero-order valence-electron chi connectivity index (χ0n) is 15.9. The van der Waals surface area contributed by atoms with Gasteiger partial charge < -0.3 is 10.6 Å². The summed E-state index contributed by atoms with van der Waals surface area (Å²) in [4.78, 5) is 9.70. The van der Waals surface area contributed by atoms with Crippen molar-refractivity contribution in [3.63, 3.8) is 0 Å². The van der Waals surface area contributed by atoms with Gasteiger partial charge in [-0.05, 0) is 55.4 Å². The maximum Gasteiger partial charge on any atom is 0.0595 e. The van der Waals surface area contributed by atoms with Crippen LogP contribution < -0.4 is 10.6 Å². The lowest BCUT2D eigenvalue weighted by Gasteiger charge is -2.30. The highest BCUT2D eigenvalue weighted by Crippen LogP contribution is 2.14. The molecule has 2 N–H and O–H groups in total. The fourth-order valence-corrected chi connectivity index (χ4v) is 3.19. The highest BCUT2D eigenvalue weighted by atomic mass is 15.0. The van der Waals surface area contributed by atoms with E-state index in [1.54, 1.807) is 0 Å². The Bertz CT molecular complexity index is 381. The van der Waals surface area contributed by atoms with E-state index in [1.165, 1.54) is 11.4 Å². The molecule has 2 atom stereocenters. The number of hydrogen-bond donors (Lipinski definition) is 2. The molecule has 0 radical (unpaired) electrons. The average Bonchev–Trinajstić information content (AvgIpc) is 2.31. The van der Waals surface area contributed by atoms with E-state index in [0.717, 1.165) is 25.9 Å². The predicted molar refractivity (Wildman–Crippen MR) is 98.5 cm³/mol. The first-order chi connectivity index (χ1) is 9.99. The average molecular weight is 309 g/mol. The maximum absolute atomic E-state index is 4.85. The molecule has 0 aliphatic carbocycles. The monoisotopic (exact) mass is 308 g/mol. The van der Waals surface area contributed by atoms with E-state index < -0.39 is 0 Å². The van der Waals surface area contributed by atoms with Crippen LogP contribution in [0.5, 0.6) is 0 Å². The molecule has 0 unspecified atom stereocenters. The van der Waals surface area contributed by atoms with Crippen LogP contribution in [0.3, 0.4) is 0 Å². The van der Waals surface area contributed by atoms with Gasteiger partial charge in [-0.25, -0.2) is 0 Å². The Hall–Kier alpha value is -0.740. The van der Waals surface area contributed by atoms with Gasteiger partial charge in [0.25, 0.3) is 0 Å². The third-order valence-electron chi connectivity index (χ3n) is 4.03. The molecule has 0 fully saturated rings. The number of nitrogens with one attached hydrogen (secondary N) is 2. The number of hydrogen-bond acceptors (Lipinski definition) is 4. The Kier molecular flexibility index (Phi) is 6.75. The normalized spacial score (nSPS) is 30.9. The molecule has 1 aliphatic heterocycles. The fourth-order valence-electron chi connectivity index (χ4n) is 3.19. The van der Waals surface area contributed by atoms with Crippen molar-refractivity contribution >= 4 is 11.4 Å². The van der Waals surface area contributed by atoms with Crippen LogP contribution in [-0.2, 0) is 0 Å². The second-order valence-corrected chi connectivity index (χ2v) is 8.31. The minimum absolute atomic E-state index is 0.0573. The van der Waals surface area contributed by atoms with Crippen molar-refractivity contribution in [3.05, 3.63) is 0 Å². The van der Waals surface area contributed by atoms with Crippen LogP contribution in [-0.4, -0.2) is 47.7 Å². The van der Waals surface area contributed by atoms with E-state index >= 15 is 0 Å². The molecule has 1 rings (SSSR count). The van der Waals surface area contributed by atoms with Crippen LogP contribution in [0.2, 0.25) is 0 Å². The Morgan fingerprint density at radius 2 is 1.09 bits per heavy atom. The first-order valence-corrected chi connectivity index (χ1v) is 8.56. The van der Waals surface area contributed by atoms with Crippen LogP contribution in [0.4, 0.5) is 0 Å². The maximum atomic E-state index is 4.85. The van der Waals surface area contributed by atoms with Gasteiger partial charge in [0.05, 0.1) is 12.1 Å². The first kappa shape index (κ1) is 19.3. The number of rotatable bonds is 0. The lowest BCUT2D eigenvalue weighted by atomic mass is 9.96. The van der Waals surface area contributed by atoms with Gasteiger partial charge in [0.1, 0.15) is 0 Å². The molecule has 0 saturated carbocycles. The third-order valence-corrected chi connectivity index (χ3v) is 4.03. The molecule has 0 spiro atoms. The summed E-state index contributed by atoms with van der Waals surface area (Å²) in [6.07, 6.45) is 1.94. The zero-order chi connectivity index (χ0) is 17.0. The summed E-state index contributed by atoms with van der Waals surface area (Å²) >= 11 is 0. The summed E-state index contributed by atoms with van der Waals surface area (Å²) in [5.41, 5.74) is 2.55. The first-order valence-electron chi connectivity index (χ1n) is 8.56. The lowest BCUT2D eigenvalue weighted by molar-refractivity contribution is 0.378. The Balaban J connectivity index is 2.93. The second kappa shape index (κ2) is 7.69. The standard InChI is InChI=1S/C18H36N4/c1-13-9-17(5,6)19-12-16(4)22-14(2)10-18(7,8)20-11-15(3)21-13/h15-16,19-20H,9-12H2,1-8H3/t15-,16+. The van der Waals surface area contributed by atoms with Crippen LogP contribution in [0.25, 0.3) is 0 Å². The summed E-state index contributed by atoms with van der Waals surface area (Å²) in [6.45, 7) is 19.4. The van der Waals surface area contributed by atoms with Crippen molar-refractivity contribution in [1.29, 1.82) is 0 Å². The van der Waals surface area contributed by atoms with E-state index in [1.807, 2.05) is 0 Å². The van der Waals surface area contributed by atoms with Gasteiger partial charge in [0, 0.05) is 48.4 Å². The van der Waals surface area contributed by atoms with Gasteiger partial charge >= 0.3 is 0 Å². The second-order valence-electron chi connectivity index (χ2n) is 8.31. The molecule has 4 heteroatoms. The molecule has 128 valence electrons. The van der Waals surface area contributed by atoms with Crippen molar-refractivity contribution in [2.24, 2.45) is 9.98 Å². The molecule has 1 aliphatic rings. The summed E-state index contributed by atoms with van der Waals surface area (Å²) < 4.78 is 0. The Labute approximate surface area is 137 Å². The van der Waals surface area contributed by atoms with Gasteiger partial charge in [0.15, 0.2) is 0 Å². The van der Waals surface area contributed by atoms with Crippen LogP contribution in [0, 0.1) is 0 Å². The SMILES string of the molecule is CC1=N[C@H](C)CNC(C)(C)CC(C)=N[C@@H](C)CNC(C)(C)C1. The van der Waals surface area contributed by atoms with Crippen molar-refractivity contribution in [1.82, 2.24) is 10.6 Å². The summed E-state index contributed by atoms with van der Waals surface area (Å²) in [6, 6.07) is 0.600. The summed E-state index contributed by atoms with van der Waals surface area (Å²) in [5, 5.41) is 7.29. The highest BCUT2D eigenvalue weighted by molar-refractivity contribution is 5.83. The largest absolute Gasteiger partial charge is 0.309 e. The van der Waals surface area contributed by atoms with Crippen molar-refractivity contribution in [2.75, 3.05) is 13.1 Å². The molecule has 0 amide bonds. The van der Waals surface area contributed by atoms with Crippen molar-refractivity contribution in [2.45, 2.75) is 91.4 Å². The van der Waals surface area contributed by atoms with E-state index in [9.17, 15) is 0 Å². The molecule has 0 aromatic rings.